The van der Waals surface area contributed by atoms with Crippen LogP contribution in [-0.2, 0) is 11.3 Å². The molecule has 0 unspecified atom stereocenters. The van der Waals surface area contributed by atoms with Crippen LogP contribution in [0.2, 0.25) is 5.02 Å². The smallest absolute Gasteiger partial charge is 0.0895 e. The fraction of sp³-hybridized carbons (Fsp3) is 0.600. The Morgan fingerprint density at radius 3 is 2.85 bits per heavy atom. The van der Waals surface area contributed by atoms with Crippen LogP contribution in [0.15, 0.2) is 24.3 Å². The zero-order valence-electron chi connectivity index (χ0n) is 11.7. The number of hydrogen-bond donors (Lipinski definition) is 3. The molecular formula is C15H23ClN2O2. The third-order valence-corrected chi connectivity index (χ3v) is 3.76. The van der Waals surface area contributed by atoms with Gasteiger partial charge in [-0.2, -0.15) is 0 Å². The molecule has 1 aliphatic heterocycles. The second-order valence-electron chi connectivity index (χ2n) is 5.36. The van der Waals surface area contributed by atoms with Gasteiger partial charge in [0, 0.05) is 24.7 Å². The Kier molecular flexibility index (Phi) is 6.26. The van der Waals surface area contributed by atoms with Crippen LogP contribution in [0.1, 0.15) is 18.4 Å². The van der Waals surface area contributed by atoms with E-state index in [1.54, 1.807) is 0 Å². The molecule has 0 spiro atoms. The number of ether oxygens (including phenoxy) is 1. The number of benzene rings is 1. The van der Waals surface area contributed by atoms with Crippen molar-refractivity contribution in [1.29, 1.82) is 0 Å². The summed E-state index contributed by atoms with van der Waals surface area (Å²) in [7, 11) is 0. The number of rotatable bonds is 7. The summed E-state index contributed by atoms with van der Waals surface area (Å²) >= 11 is 5.82. The van der Waals surface area contributed by atoms with Gasteiger partial charge in [0.25, 0.3) is 0 Å². The first-order chi connectivity index (χ1) is 9.68. The summed E-state index contributed by atoms with van der Waals surface area (Å²) < 4.78 is 5.58. The molecule has 2 rings (SSSR count). The molecule has 1 aliphatic rings. The van der Waals surface area contributed by atoms with Crippen molar-refractivity contribution in [1.82, 2.24) is 10.6 Å². The Bertz CT molecular complexity index is 391. The number of piperidine rings is 1. The van der Waals surface area contributed by atoms with Gasteiger partial charge in [0.05, 0.1) is 18.8 Å². The van der Waals surface area contributed by atoms with E-state index in [0.29, 0.717) is 26.3 Å². The van der Waals surface area contributed by atoms with Crippen LogP contribution in [-0.4, -0.2) is 43.5 Å². The summed E-state index contributed by atoms with van der Waals surface area (Å²) in [5.74, 6) is 0. The quantitative estimate of drug-likeness (QED) is 0.669. The molecule has 0 bridgehead atoms. The maximum Gasteiger partial charge on any atom is 0.0895 e. The lowest BCUT2D eigenvalue weighted by Crippen LogP contribution is -2.52. The topological polar surface area (TPSA) is 53.5 Å². The Morgan fingerprint density at radius 2 is 2.15 bits per heavy atom. The molecule has 1 heterocycles. The first-order valence-electron chi connectivity index (χ1n) is 7.14. The lowest BCUT2D eigenvalue weighted by Gasteiger charge is -2.32. The van der Waals surface area contributed by atoms with Crippen molar-refractivity contribution in [2.45, 2.75) is 25.0 Å². The van der Waals surface area contributed by atoms with Gasteiger partial charge in [-0.05, 0) is 37.1 Å². The van der Waals surface area contributed by atoms with Gasteiger partial charge in [-0.15, -0.1) is 0 Å². The molecular weight excluding hydrogens is 276 g/mol. The highest BCUT2D eigenvalue weighted by Crippen LogP contribution is 2.14. The van der Waals surface area contributed by atoms with E-state index in [2.05, 4.69) is 10.6 Å². The minimum absolute atomic E-state index is 0.588. The highest BCUT2D eigenvalue weighted by atomic mass is 35.5. The molecule has 3 N–H and O–H groups in total. The van der Waals surface area contributed by atoms with Gasteiger partial charge in [-0.25, -0.2) is 0 Å². The highest BCUT2D eigenvalue weighted by molar-refractivity contribution is 6.30. The maximum absolute atomic E-state index is 10.3. The van der Waals surface area contributed by atoms with Gasteiger partial charge in [-0.1, -0.05) is 23.7 Å². The summed E-state index contributed by atoms with van der Waals surface area (Å²) in [5.41, 5.74) is 0.513. The first kappa shape index (κ1) is 15.7. The highest BCUT2D eigenvalue weighted by Gasteiger charge is 2.28. The van der Waals surface area contributed by atoms with Gasteiger partial charge in [0.1, 0.15) is 0 Å². The molecule has 0 radical (unpaired) electrons. The van der Waals surface area contributed by atoms with E-state index in [4.69, 9.17) is 16.3 Å². The lowest BCUT2D eigenvalue weighted by molar-refractivity contribution is 0.0150. The van der Waals surface area contributed by atoms with Crippen molar-refractivity contribution in [3.05, 3.63) is 34.9 Å². The molecule has 1 atom stereocenters. The van der Waals surface area contributed by atoms with E-state index in [-0.39, 0.29) is 0 Å². The van der Waals surface area contributed by atoms with Crippen LogP contribution in [0.5, 0.6) is 0 Å². The van der Waals surface area contributed by atoms with Crippen molar-refractivity contribution in [2.75, 3.05) is 32.8 Å². The van der Waals surface area contributed by atoms with E-state index in [1.807, 2.05) is 24.3 Å². The fourth-order valence-electron chi connectivity index (χ4n) is 2.34. The molecule has 112 valence electrons. The third-order valence-electron chi connectivity index (χ3n) is 3.51. The molecule has 5 heteroatoms. The van der Waals surface area contributed by atoms with E-state index < -0.39 is 5.60 Å². The molecule has 0 aliphatic carbocycles. The zero-order chi connectivity index (χ0) is 14.3. The molecule has 1 fully saturated rings. The Morgan fingerprint density at radius 1 is 1.35 bits per heavy atom. The van der Waals surface area contributed by atoms with Crippen LogP contribution in [0.3, 0.4) is 0 Å². The second kappa shape index (κ2) is 7.96. The molecule has 20 heavy (non-hydrogen) atoms. The Balaban J connectivity index is 1.54. The van der Waals surface area contributed by atoms with E-state index in [0.717, 1.165) is 36.5 Å². The van der Waals surface area contributed by atoms with Crippen molar-refractivity contribution in [3.8, 4) is 0 Å². The lowest BCUT2D eigenvalue weighted by atomic mass is 9.94. The summed E-state index contributed by atoms with van der Waals surface area (Å²) in [4.78, 5) is 0. The summed E-state index contributed by atoms with van der Waals surface area (Å²) in [6.45, 7) is 4.26. The number of halogens is 1. The molecule has 1 aromatic rings. The molecule has 1 aromatic carbocycles. The van der Waals surface area contributed by atoms with Crippen molar-refractivity contribution in [2.24, 2.45) is 0 Å². The van der Waals surface area contributed by atoms with Crippen molar-refractivity contribution in [3.63, 3.8) is 0 Å². The SMILES string of the molecule is O[C@]1(CNCCOCc2ccc(Cl)cc2)CCCNC1. The monoisotopic (exact) mass is 298 g/mol. The van der Waals surface area contributed by atoms with Crippen molar-refractivity contribution >= 4 is 11.6 Å². The standard InChI is InChI=1S/C15H23ClN2O2/c16-14-4-2-13(3-5-14)10-20-9-8-18-12-15(19)6-1-7-17-11-15/h2-5,17-19H,1,6-12H2/t15-/m1/s1. The second-order valence-corrected chi connectivity index (χ2v) is 5.80. The predicted molar refractivity (Wildman–Crippen MR) is 81.0 cm³/mol. The van der Waals surface area contributed by atoms with Gasteiger partial charge in [0.15, 0.2) is 0 Å². The van der Waals surface area contributed by atoms with Crippen LogP contribution in [0.4, 0.5) is 0 Å². The normalized spacial score (nSPS) is 22.9. The van der Waals surface area contributed by atoms with E-state index in [1.165, 1.54) is 0 Å². The van der Waals surface area contributed by atoms with Crippen molar-refractivity contribution < 1.29 is 9.84 Å². The van der Waals surface area contributed by atoms with Crippen LogP contribution >= 0.6 is 11.6 Å². The molecule has 0 aromatic heterocycles. The zero-order valence-corrected chi connectivity index (χ0v) is 12.5. The van der Waals surface area contributed by atoms with E-state index >= 15 is 0 Å². The Hall–Kier alpha value is -0.650. The summed E-state index contributed by atoms with van der Waals surface area (Å²) in [5, 5.41) is 17.5. The molecule has 4 nitrogen and oxygen atoms in total. The number of hydrogen-bond acceptors (Lipinski definition) is 4. The van der Waals surface area contributed by atoms with Gasteiger partial charge in [-0.3, -0.25) is 0 Å². The summed E-state index contributed by atoms with van der Waals surface area (Å²) in [6, 6.07) is 7.66. The van der Waals surface area contributed by atoms with Crippen LogP contribution in [0.25, 0.3) is 0 Å². The average molecular weight is 299 g/mol. The third kappa shape index (κ3) is 5.38. The Labute approximate surface area is 125 Å². The van der Waals surface area contributed by atoms with E-state index in [9.17, 15) is 5.11 Å². The molecule has 1 saturated heterocycles. The fourth-order valence-corrected chi connectivity index (χ4v) is 2.46. The number of nitrogens with one attached hydrogen (secondary N) is 2. The van der Waals surface area contributed by atoms with Gasteiger partial charge < -0.3 is 20.5 Å². The van der Waals surface area contributed by atoms with Crippen LogP contribution in [0, 0.1) is 0 Å². The number of aliphatic hydroxyl groups is 1. The summed E-state index contributed by atoms with van der Waals surface area (Å²) in [6.07, 6.45) is 1.89. The predicted octanol–water partition coefficient (Wildman–Crippen LogP) is 1.56. The largest absolute Gasteiger partial charge is 0.387 e. The first-order valence-corrected chi connectivity index (χ1v) is 7.52. The average Bonchev–Trinajstić information content (AvgIpc) is 2.45. The minimum Gasteiger partial charge on any atom is -0.387 e. The molecule has 0 saturated carbocycles. The number of β-amino-alcohol motifs (C(OH)–C–C–N with tert-alkyl or cyclic N) is 1. The molecule has 0 amide bonds. The van der Waals surface area contributed by atoms with Gasteiger partial charge in [0.2, 0.25) is 0 Å². The van der Waals surface area contributed by atoms with Gasteiger partial charge >= 0.3 is 0 Å². The minimum atomic E-state index is -0.603. The van der Waals surface area contributed by atoms with Crippen LogP contribution < -0.4 is 10.6 Å². The maximum atomic E-state index is 10.3.